The van der Waals surface area contributed by atoms with Crippen LogP contribution >= 0.6 is 0 Å². The molecule has 0 aliphatic rings. The lowest BCUT2D eigenvalue weighted by Crippen LogP contribution is -2.09. The van der Waals surface area contributed by atoms with Gasteiger partial charge in [0.2, 0.25) is 0 Å². The Hall–Kier alpha value is -3.66. The van der Waals surface area contributed by atoms with Gasteiger partial charge in [0, 0.05) is 23.8 Å². The predicted octanol–water partition coefficient (Wildman–Crippen LogP) is 4.59. The van der Waals surface area contributed by atoms with E-state index in [0.29, 0.717) is 16.7 Å². The van der Waals surface area contributed by atoms with E-state index < -0.39 is 0 Å². The van der Waals surface area contributed by atoms with Crippen LogP contribution in [-0.2, 0) is 6.54 Å². The summed E-state index contributed by atoms with van der Waals surface area (Å²) in [5.74, 6) is 0.591. The lowest BCUT2D eigenvalue weighted by Gasteiger charge is -2.08. The number of nitrogens with one attached hydrogen (secondary N) is 1. The maximum absolute atomic E-state index is 12.4. The number of H-pyrrole nitrogens is 1. The first kappa shape index (κ1) is 15.6. The van der Waals surface area contributed by atoms with Crippen LogP contribution in [0.25, 0.3) is 33.2 Å². The number of nitrogens with zero attached hydrogens (tertiary/aromatic N) is 2. The number of fused-ring (bicyclic) bond motifs is 2. The van der Waals surface area contributed by atoms with Crippen LogP contribution in [0.15, 0.2) is 89.9 Å². The van der Waals surface area contributed by atoms with Gasteiger partial charge in [-0.3, -0.25) is 4.79 Å². The van der Waals surface area contributed by atoms with E-state index in [1.807, 2.05) is 30.3 Å². The Bertz CT molecular complexity index is 1320. The fourth-order valence-corrected chi connectivity index (χ4v) is 3.47. The van der Waals surface area contributed by atoms with E-state index >= 15 is 0 Å². The van der Waals surface area contributed by atoms with E-state index in [9.17, 15) is 4.79 Å². The van der Waals surface area contributed by atoms with Gasteiger partial charge in [-0.1, -0.05) is 54.6 Å². The van der Waals surface area contributed by atoms with Gasteiger partial charge in [0.1, 0.15) is 5.82 Å². The number of aromatic amines is 1. The zero-order chi connectivity index (χ0) is 18.2. The number of para-hydroxylation sites is 1. The maximum atomic E-state index is 12.4. The van der Waals surface area contributed by atoms with Crippen LogP contribution in [0, 0.1) is 0 Å². The van der Waals surface area contributed by atoms with E-state index in [1.165, 1.54) is 5.56 Å². The standard InChI is InChI=1S/C23H17N3O/c27-23-19-8-4-5-9-20(19)24-22(25-23)18-11-10-17-12-13-26(21(17)14-18)15-16-6-2-1-3-7-16/h1-14H,15H2,(H,24,25,27). The van der Waals surface area contributed by atoms with Crippen LogP contribution < -0.4 is 5.56 Å². The van der Waals surface area contributed by atoms with Gasteiger partial charge in [-0.25, -0.2) is 4.98 Å². The summed E-state index contributed by atoms with van der Waals surface area (Å²) in [6.45, 7) is 0.801. The van der Waals surface area contributed by atoms with Crippen LogP contribution in [0.4, 0.5) is 0 Å². The quantitative estimate of drug-likeness (QED) is 0.517. The molecule has 3 aromatic carbocycles. The van der Waals surface area contributed by atoms with Gasteiger partial charge in [0.15, 0.2) is 0 Å². The van der Waals surface area contributed by atoms with Crippen molar-refractivity contribution in [3.8, 4) is 11.4 Å². The molecule has 5 aromatic rings. The van der Waals surface area contributed by atoms with Crippen molar-refractivity contribution in [1.29, 1.82) is 0 Å². The molecule has 0 aliphatic heterocycles. The summed E-state index contributed by atoms with van der Waals surface area (Å²) < 4.78 is 2.22. The average Bonchev–Trinajstić information content (AvgIpc) is 3.11. The molecule has 0 aliphatic carbocycles. The fraction of sp³-hybridized carbons (Fsp3) is 0.0435. The van der Waals surface area contributed by atoms with E-state index in [4.69, 9.17) is 0 Å². The van der Waals surface area contributed by atoms with Gasteiger partial charge >= 0.3 is 0 Å². The molecule has 0 unspecified atom stereocenters. The Kier molecular flexibility index (Phi) is 3.61. The van der Waals surface area contributed by atoms with Crippen LogP contribution in [-0.4, -0.2) is 14.5 Å². The summed E-state index contributed by atoms with van der Waals surface area (Å²) in [6.07, 6.45) is 2.10. The minimum atomic E-state index is -0.115. The SMILES string of the molecule is O=c1[nH]c(-c2ccc3ccn(Cc4ccccc4)c3c2)nc2ccccc12. The number of aromatic nitrogens is 3. The van der Waals surface area contributed by atoms with Crippen molar-refractivity contribution in [1.82, 2.24) is 14.5 Å². The van der Waals surface area contributed by atoms with Crippen LogP contribution in [0.3, 0.4) is 0 Å². The topological polar surface area (TPSA) is 50.7 Å². The van der Waals surface area contributed by atoms with Gasteiger partial charge in [-0.05, 0) is 35.2 Å². The van der Waals surface area contributed by atoms with E-state index in [2.05, 4.69) is 63.2 Å². The monoisotopic (exact) mass is 351 g/mol. The van der Waals surface area contributed by atoms with Crippen LogP contribution in [0.2, 0.25) is 0 Å². The fourth-order valence-electron chi connectivity index (χ4n) is 3.47. The summed E-state index contributed by atoms with van der Waals surface area (Å²) in [7, 11) is 0. The van der Waals surface area contributed by atoms with Crippen molar-refractivity contribution >= 4 is 21.8 Å². The third kappa shape index (κ3) is 2.81. The normalized spacial score (nSPS) is 11.3. The third-order valence-electron chi connectivity index (χ3n) is 4.86. The van der Waals surface area contributed by atoms with E-state index in [1.54, 1.807) is 6.07 Å². The molecule has 130 valence electrons. The van der Waals surface area contributed by atoms with Crippen molar-refractivity contribution < 1.29 is 0 Å². The second-order valence-electron chi connectivity index (χ2n) is 6.63. The zero-order valence-electron chi connectivity index (χ0n) is 14.6. The Morgan fingerprint density at radius 1 is 0.889 bits per heavy atom. The molecule has 0 radical (unpaired) electrons. The molecule has 0 amide bonds. The first-order valence-corrected chi connectivity index (χ1v) is 8.90. The predicted molar refractivity (Wildman–Crippen MR) is 109 cm³/mol. The molecule has 0 saturated carbocycles. The molecule has 0 saturated heterocycles. The summed E-state index contributed by atoms with van der Waals surface area (Å²) in [6, 6.07) is 26.0. The molecular formula is C23H17N3O. The van der Waals surface area contributed by atoms with Gasteiger partial charge in [-0.15, -0.1) is 0 Å². The maximum Gasteiger partial charge on any atom is 0.259 e. The summed E-state index contributed by atoms with van der Waals surface area (Å²) in [5.41, 5.74) is 3.86. The Balaban J connectivity index is 1.62. The lowest BCUT2D eigenvalue weighted by molar-refractivity contribution is 0.837. The van der Waals surface area contributed by atoms with Gasteiger partial charge in [0.05, 0.1) is 10.9 Å². The molecule has 27 heavy (non-hydrogen) atoms. The Morgan fingerprint density at radius 2 is 1.70 bits per heavy atom. The zero-order valence-corrected chi connectivity index (χ0v) is 14.6. The second kappa shape index (κ2) is 6.25. The average molecular weight is 351 g/mol. The Labute approximate surface area is 155 Å². The minimum Gasteiger partial charge on any atom is -0.343 e. The molecule has 2 aromatic heterocycles. The molecular weight excluding hydrogens is 334 g/mol. The number of benzene rings is 3. The molecule has 0 spiro atoms. The first-order valence-electron chi connectivity index (χ1n) is 8.90. The Morgan fingerprint density at radius 3 is 2.59 bits per heavy atom. The first-order chi connectivity index (χ1) is 13.3. The molecule has 2 heterocycles. The van der Waals surface area contributed by atoms with E-state index in [0.717, 1.165) is 23.0 Å². The molecule has 0 bridgehead atoms. The van der Waals surface area contributed by atoms with Gasteiger partial charge < -0.3 is 9.55 Å². The molecule has 1 N–H and O–H groups in total. The van der Waals surface area contributed by atoms with Crippen molar-refractivity contribution in [3.63, 3.8) is 0 Å². The van der Waals surface area contributed by atoms with Crippen molar-refractivity contribution in [3.05, 3.63) is 101 Å². The molecule has 5 rings (SSSR count). The summed E-state index contributed by atoms with van der Waals surface area (Å²) in [4.78, 5) is 20.0. The molecule has 0 atom stereocenters. The van der Waals surface area contributed by atoms with Gasteiger partial charge in [0.25, 0.3) is 5.56 Å². The number of hydrogen-bond donors (Lipinski definition) is 1. The van der Waals surface area contributed by atoms with Crippen LogP contribution in [0.1, 0.15) is 5.56 Å². The summed E-state index contributed by atoms with van der Waals surface area (Å²) >= 11 is 0. The lowest BCUT2D eigenvalue weighted by atomic mass is 10.1. The van der Waals surface area contributed by atoms with Crippen molar-refractivity contribution in [2.24, 2.45) is 0 Å². The van der Waals surface area contributed by atoms with Crippen molar-refractivity contribution in [2.75, 3.05) is 0 Å². The highest BCUT2D eigenvalue weighted by atomic mass is 16.1. The molecule has 4 nitrogen and oxygen atoms in total. The second-order valence-corrected chi connectivity index (χ2v) is 6.63. The highest BCUT2D eigenvalue weighted by Gasteiger charge is 2.08. The van der Waals surface area contributed by atoms with E-state index in [-0.39, 0.29) is 5.56 Å². The highest BCUT2D eigenvalue weighted by molar-refractivity contribution is 5.85. The van der Waals surface area contributed by atoms with Crippen molar-refractivity contribution in [2.45, 2.75) is 6.54 Å². The molecule has 0 fully saturated rings. The highest BCUT2D eigenvalue weighted by Crippen LogP contribution is 2.24. The minimum absolute atomic E-state index is 0.115. The third-order valence-corrected chi connectivity index (χ3v) is 4.86. The molecule has 4 heteroatoms. The number of rotatable bonds is 3. The number of hydrogen-bond acceptors (Lipinski definition) is 2. The van der Waals surface area contributed by atoms with Crippen LogP contribution in [0.5, 0.6) is 0 Å². The van der Waals surface area contributed by atoms with Gasteiger partial charge in [-0.2, -0.15) is 0 Å². The summed E-state index contributed by atoms with van der Waals surface area (Å²) in [5, 5.41) is 1.77. The smallest absolute Gasteiger partial charge is 0.259 e. The largest absolute Gasteiger partial charge is 0.343 e.